The van der Waals surface area contributed by atoms with E-state index in [1.807, 2.05) is 0 Å². The van der Waals surface area contributed by atoms with Gasteiger partial charge in [-0.1, -0.05) is 0 Å². The van der Waals surface area contributed by atoms with Crippen molar-refractivity contribution in [3.05, 3.63) is 43.5 Å². The van der Waals surface area contributed by atoms with Gasteiger partial charge in [0.2, 0.25) is 0 Å². The zero-order chi connectivity index (χ0) is 18.4. The quantitative estimate of drug-likeness (QED) is 0.434. The van der Waals surface area contributed by atoms with E-state index in [9.17, 15) is 25.0 Å². The van der Waals surface area contributed by atoms with Crippen LogP contribution in [0.4, 0.5) is 11.4 Å². The maximum atomic E-state index is 12.3. The largest absolute Gasteiger partial charge is 0.379 e. The van der Waals surface area contributed by atoms with Gasteiger partial charge >= 0.3 is 0 Å². The molecule has 0 aromatic heterocycles. The van der Waals surface area contributed by atoms with Gasteiger partial charge in [-0.15, -0.1) is 11.6 Å². The second-order valence-corrected chi connectivity index (χ2v) is 5.62. The van der Waals surface area contributed by atoms with Crippen LogP contribution in [0.3, 0.4) is 0 Å². The fourth-order valence-electron chi connectivity index (χ4n) is 2.48. The lowest BCUT2D eigenvalue weighted by molar-refractivity contribution is -0.394. The van der Waals surface area contributed by atoms with Crippen molar-refractivity contribution in [3.63, 3.8) is 0 Å². The standard InChI is InChI=1S/C14H17ClN4O6/c15-9-10-7-11(13(19(23)24)8-12(10)18(21)22)14(20)16-1-2-17-3-5-25-6-4-17/h7-8H,1-6,9H2,(H,16,20). The highest BCUT2D eigenvalue weighted by atomic mass is 35.5. The van der Waals surface area contributed by atoms with Gasteiger partial charge < -0.3 is 10.1 Å². The summed E-state index contributed by atoms with van der Waals surface area (Å²) in [6.07, 6.45) is 0. The predicted molar refractivity (Wildman–Crippen MR) is 88.9 cm³/mol. The second kappa shape index (κ2) is 8.70. The predicted octanol–water partition coefficient (Wildman–Crippen LogP) is 1.30. The number of amides is 1. The fourth-order valence-corrected chi connectivity index (χ4v) is 2.69. The molecular weight excluding hydrogens is 356 g/mol. The molecule has 1 aliphatic heterocycles. The Morgan fingerprint density at radius 2 is 1.84 bits per heavy atom. The van der Waals surface area contributed by atoms with Crippen LogP contribution in [0.15, 0.2) is 12.1 Å². The monoisotopic (exact) mass is 372 g/mol. The maximum Gasteiger partial charge on any atom is 0.289 e. The van der Waals surface area contributed by atoms with Crippen LogP contribution < -0.4 is 5.32 Å². The van der Waals surface area contributed by atoms with E-state index >= 15 is 0 Å². The zero-order valence-corrected chi connectivity index (χ0v) is 14.0. The molecule has 1 aromatic rings. The zero-order valence-electron chi connectivity index (χ0n) is 13.3. The number of nitrogens with zero attached hydrogens (tertiary/aromatic N) is 3. The van der Waals surface area contributed by atoms with E-state index in [2.05, 4.69) is 10.2 Å². The lowest BCUT2D eigenvalue weighted by atomic mass is 10.1. The molecule has 25 heavy (non-hydrogen) atoms. The van der Waals surface area contributed by atoms with Crippen LogP contribution >= 0.6 is 11.6 Å². The fraction of sp³-hybridized carbons (Fsp3) is 0.500. The minimum atomic E-state index is -0.818. The van der Waals surface area contributed by atoms with Gasteiger partial charge in [0.15, 0.2) is 0 Å². The van der Waals surface area contributed by atoms with Crippen molar-refractivity contribution in [1.29, 1.82) is 0 Å². The number of carbonyl (C=O) groups excluding carboxylic acids is 1. The van der Waals surface area contributed by atoms with Crippen LogP contribution in [0.2, 0.25) is 0 Å². The molecule has 11 heteroatoms. The van der Waals surface area contributed by atoms with E-state index in [0.29, 0.717) is 26.3 Å². The molecule has 1 fully saturated rings. The first-order valence-corrected chi connectivity index (χ1v) is 8.07. The minimum absolute atomic E-state index is 0.0515. The summed E-state index contributed by atoms with van der Waals surface area (Å²) in [4.78, 5) is 35.0. The summed E-state index contributed by atoms with van der Waals surface area (Å²) in [5.74, 6) is -0.899. The van der Waals surface area contributed by atoms with E-state index in [0.717, 1.165) is 25.2 Å². The number of rotatable bonds is 7. The Morgan fingerprint density at radius 3 is 2.40 bits per heavy atom. The number of morpholine rings is 1. The van der Waals surface area contributed by atoms with Gasteiger partial charge in [-0.25, -0.2) is 0 Å². The van der Waals surface area contributed by atoms with Gasteiger partial charge in [0, 0.05) is 31.7 Å². The molecule has 1 aromatic carbocycles. The average Bonchev–Trinajstić information content (AvgIpc) is 2.61. The Kier molecular flexibility index (Phi) is 6.62. The van der Waals surface area contributed by atoms with E-state index in [4.69, 9.17) is 16.3 Å². The summed E-state index contributed by atoms with van der Waals surface area (Å²) in [7, 11) is 0. The summed E-state index contributed by atoms with van der Waals surface area (Å²) in [6.45, 7) is 3.64. The molecule has 0 saturated carbocycles. The molecule has 1 saturated heterocycles. The third-order valence-electron chi connectivity index (χ3n) is 3.80. The molecular formula is C14H17ClN4O6. The molecule has 0 aliphatic carbocycles. The highest BCUT2D eigenvalue weighted by molar-refractivity contribution is 6.17. The number of hydrogen-bond acceptors (Lipinski definition) is 7. The van der Waals surface area contributed by atoms with Crippen molar-refractivity contribution >= 4 is 28.9 Å². The van der Waals surface area contributed by atoms with Gasteiger partial charge in [0.25, 0.3) is 17.3 Å². The van der Waals surface area contributed by atoms with Crippen LogP contribution in [0.5, 0.6) is 0 Å². The highest BCUT2D eigenvalue weighted by Gasteiger charge is 2.27. The van der Waals surface area contributed by atoms with Crippen molar-refractivity contribution in [2.45, 2.75) is 5.88 Å². The first-order chi connectivity index (χ1) is 11.9. The van der Waals surface area contributed by atoms with Crippen molar-refractivity contribution in [2.24, 2.45) is 0 Å². The average molecular weight is 373 g/mol. The van der Waals surface area contributed by atoms with E-state index in [1.165, 1.54) is 0 Å². The number of nitrogens with one attached hydrogen (secondary N) is 1. The third-order valence-corrected chi connectivity index (χ3v) is 4.08. The number of carbonyl (C=O) groups is 1. The van der Waals surface area contributed by atoms with Crippen LogP contribution in [-0.4, -0.2) is 60.0 Å². The molecule has 0 unspecified atom stereocenters. The smallest absolute Gasteiger partial charge is 0.289 e. The third kappa shape index (κ3) is 4.84. The molecule has 0 spiro atoms. The molecule has 1 N–H and O–H groups in total. The Hall–Kier alpha value is -2.30. The lowest BCUT2D eigenvalue weighted by Gasteiger charge is -2.26. The van der Waals surface area contributed by atoms with Crippen molar-refractivity contribution in [1.82, 2.24) is 10.2 Å². The van der Waals surface area contributed by atoms with E-state index in [-0.39, 0.29) is 17.0 Å². The van der Waals surface area contributed by atoms with Crippen LogP contribution in [-0.2, 0) is 10.6 Å². The number of halogens is 1. The van der Waals surface area contributed by atoms with Gasteiger partial charge in [-0.3, -0.25) is 29.9 Å². The summed E-state index contributed by atoms with van der Waals surface area (Å²) < 4.78 is 5.22. The number of ether oxygens (including phenoxy) is 1. The second-order valence-electron chi connectivity index (χ2n) is 5.36. The number of nitro groups is 2. The summed E-state index contributed by atoms with van der Waals surface area (Å²) >= 11 is 5.67. The van der Waals surface area contributed by atoms with Gasteiger partial charge in [-0.2, -0.15) is 0 Å². The minimum Gasteiger partial charge on any atom is -0.379 e. The molecule has 1 aliphatic rings. The molecule has 10 nitrogen and oxygen atoms in total. The van der Waals surface area contributed by atoms with Crippen molar-refractivity contribution in [2.75, 3.05) is 39.4 Å². The number of benzene rings is 1. The van der Waals surface area contributed by atoms with Gasteiger partial charge in [0.1, 0.15) is 5.56 Å². The first kappa shape index (κ1) is 19.0. The van der Waals surface area contributed by atoms with E-state index < -0.39 is 27.1 Å². The Morgan fingerprint density at radius 1 is 1.20 bits per heavy atom. The Labute approximate surface area is 148 Å². The molecule has 0 atom stereocenters. The summed E-state index contributed by atoms with van der Waals surface area (Å²) in [5.41, 5.74) is -1.29. The summed E-state index contributed by atoms with van der Waals surface area (Å²) in [5, 5.41) is 24.8. The SMILES string of the molecule is O=C(NCCN1CCOCC1)c1cc(CCl)c([N+](=O)[O-])cc1[N+](=O)[O-]. The number of hydrogen-bond donors (Lipinski definition) is 1. The molecule has 1 heterocycles. The Bertz CT molecular complexity index is 678. The number of nitro benzene ring substituents is 2. The normalized spacial score (nSPS) is 14.9. The maximum absolute atomic E-state index is 12.3. The molecule has 136 valence electrons. The van der Waals surface area contributed by atoms with Gasteiger partial charge in [0.05, 0.1) is 35.0 Å². The number of alkyl halides is 1. The highest BCUT2D eigenvalue weighted by Crippen LogP contribution is 2.30. The van der Waals surface area contributed by atoms with Crippen LogP contribution in [0.25, 0.3) is 0 Å². The molecule has 0 radical (unpaired) electrons. The lowest BCUT2D eigenvalue weighted by Crippen LogP contribution is -2.41. The van der Waals surface area contributed by atoms with E-state index in [1.54, 1.807) is 0 Å². The van der Waals surface area contributed by atoms with Gasteiger partial charge in [-0.05, 0) is 6.07 Å². The molecule has 2 rings (SSSR count). The summed E-state index contributed by atoms with van der Waals surface area (Å²) in [6, 6.07) is 1.88. The topological polar surface area (TPSA) is 128 Å². The van der Waals surface area contributed by atoms with Crippen molar-refractivity contribution in [3.8, 4) is 0 Å². The van der Waals surface area contributed by atoms with Crippen LogP contribution in [0, 0.1) is 20.2 Å². The first-order valence-electron chi connectivity index (χ1n) is 7.54. The molecule has 1 amide bonds. The Balaban J connectivity index is 2.13. The van der Waals surface area contributed by atoms with Crippen LogP contribution in [0.1, 0.15) is 15.9 Å². The molecule has 0 bridgehead atoms. The van der Waals surface area contributed by atoms with Crippen molar-refractivity contribution < 1.29 is 19.4 Å².